The smallest absolute Gasteiger partial charge is 0.338 e. The van der Waals surface area contributed by atoms with Crippen LogP contribution in [-0.2, 0) is 33.7 Å². The Balaban J connectivity index is 1.24. The van der Waals surface area contributed by atoms with Crippen molar-refractivity contribution in [2.24, 2.45) is 0 Å². The van der Waals surface area contributed by atoms with E-state index in [9.17, 15) is 24.0 Å². The fourth-order valence-electron chi connectivity index (χ4n) is 5.69. The van der Waals surface area contributed by atoms with Crippen LogP contribution in [0.4, 0.5) is 10.5 Å². The van der Waals surface area contributed by atoms with Crippen LogP contribution in [0.2, 0.25) is 0 Å². The molecule has 1 spiro atoms. The second kappa shape index (κ2) is 9.77. The molecule has 4 aromatic rings. The number of amides is 4. The molecule has 11 heteroatoms. The van der Waals surface area contributed by atoms with E-state index in [0.29, 0.717) is 40.8 Å². The van der Waals surface area contributed by atoms with E-state index in [2.05, 4.69) is 10.6 Å². The van der Waals surface area contributed by atoms with Gasteiger partial charge in [-0.1, -0.05) is 18.2 Å². The van der Waals surface area contributed by atoms with Gasteiger partial charge in [0.25, 0.3) is 5.91 Å². The Hall–Kier alpha value is -5.19. The van der Waals surface area contributed by atoms with Crippen LogP contribution in [0.25, 0.3) is 16.7 Å². The zero-order chi connectivity index (χ0) is 28.9. The number of ether oxygens (including phenoxy) is 1. The maximum Gasteiger partial charge on any atom is 0.338 e. The molecule has 4 amide bonds. The summed E-state index contributed by atoms with van der Waals surface area (Å²) in [6.07, 6.45) is 0.752. The molecule has 1 saturated heterocycles. The molecule has 0 bridgehead atoms. The van der Waals surface area contributed by atoms with Crippen molar-refractivity contribution in [3.63, 3.8) is 0 Å². The number of nitrogens with zero attached hydrogens (tertiary/aromatic N) is 3. The Labute approximate surface area is 234 Å². The minimum atomic E-state index is -0.953. The van der Waals surface area contributed by atoms with Gasteiger partial charge in [0, 0.05) is 25.6 Å². The first-order valence-corrected chi connectivity index (χ1v) is 13.2. The Morgan fingerprint density at radius 1 is 0.951 bits per heavy atom. The number of para-hydroxylation sites is 2. The molecule has 1 fully saturated rings. The van der Waals surface area contributed by atoms with Gasteiger partial charge in [0.15, 0.2) is 0 Å². The van der Waals surface area contributed by atoms with Crippen LogP contribution in [0, 0.1) is 0 Å². The summed E-state index contributed by atoms with van der Waals surface area (Å²) in [5.41, 5.74) is 3.11. The van der Waals surface area contributed by atoms with Crippen molar-refractivity contribution in [2.45, 2.75) is 31.8 Å². The standard InChI is InChI=1S/C30H27N5O6/c1-3-41-26(37)18-9-12-22(13-10-18)35-24-7-5-4-6-23(24)34(29(35)40)17-25(36)31-21-11-8-19-15-30(16-20(19)14-21)27(38)32-28(39)33(30)2/h4-14H,3,15-17H2,1-2H3,(H,31,36)(H,32,38,39). The summed E-state index contributed by atoms with van der Waals surface area (Å²) < 4.78 is 7.93. The fourth-order valence-corrected chi connectivity index (χ4v) is 5.69. The summed E-state index contributed by atoms with van der Waals surface area (Å²) in [4.78, 5) is 64.8. The zero-order valence-electron chi connectivity index (χ0n) is 22.5. The van der Waals surface area contributed by atoms with Crippen LogP contribution in [0.1, 0.15) is 28.4 Å². The van der Waals surface area contributed by atoms with Gasteiger partial charge in [0.2, 0.25) is 5.91 Å². The number of anilines is 1. The number of fused-ring (bicyclic) bond motifs is 2. The number of carbonyl (C=O) groups excluding carboxylic acids is 4. The first-order valence-electron chi connectivity index (χ1n) is 13.2. The van der Waals surface area contributed by atoms with Crippen molar-refractivity contribution in [1.82, 2.24) is 19.4 Å². The summed E-state index contributed by atoms with van der Waals surface area (Å²) in [6.45, 7) is 1.76. The Morgan fingerprint density at radius 3 is 2.34 bits per heavy atom. The average Bonchev–Trinajstić information content (AvgIpc) is 3.55. The van der Waals surface area contributed by atoms with Gasteiger partial charge in [0.1, 0.15) is 12.1 Å². The van der Waals surface area contributed by atoms with Crippen molar-refractivity contribution < 1.29 is 23.9 Å². The van der Waals surface area contributed by atoms with E-state index in [-0.39, 0.29) is 19.1 Å². The lowest BCUT2D eigenvalue weighted by Crippen LogP contribution is -2.48. The summed E-state index contributed by atoms with van der Waals surface area (Å²) in [6, 6.07) is 18.7. The Bertz CT molecular complexity index is 1800. The molecule has 1 aliphatic heterocycles. The van der Waals surface area contributed by atoms with Crippen LogP contribution in [-0.4, -0.2) is 57.0 Å². The van der Waals surface area contributed by atoms with E-state index in [1.54, 1.807) is 62.5 Å². The van der Waals surface area contributed by atoms with Crippen molar-refractivity contribution in [3.05, 3.63) is 93.9 Å². The molecule has 1 aromatic heterocycles. The van der Waals surface area contributed by atoms with Gasteiger partial charge in [-0.25, -0.2) is 14.4 Å². The topological polar surface area (TPSA) is 132 Å². The lowest BCUT2D eigenvalue weighted by Gasteiger charge is -2.27. The molecule has 208 valence electrons. The van der Waals surface area contributed by atoms with Crippen LogP contribution in [0.5, 0.6) is 0 Å². The molecule has 41 heavy (non-hydrogen) atoms. The first kappa shape index (κ1) is 26.1. The number of imidazole rings is 1. The highest BCUT2D eigenvalue weighted by molar-refractivity contribution is 6.07. The highest BCUT2D eigenvalue weighted by atomic mass is 16.5. The van der Waals surface area contributed by atoms with Crippen LogP contribution in [0.3, 0.4) is 0 Å². The monoisotopic (exact) mass is 553 g/mol. The van der Waals surface area contributed by atoms with Gasteiger partial charge in [0.05, 0.1) is 28.9 Å². The first-order chi connectivity index (χ1) is 19.7. The predicted molar refractivity (Wildman–Crippen MR) is 150 cm³/mol. The van der Waals surface area contributed by atoms with E-state index in [1.165, 1.54) is 14.0 Å². The molecule has 1 aliphatic carbocycles. The minimum Gasteiger partial charge on any atom is -0.462 e. The second-order valence-corrected chi connectivity index (χ2v) is 10.2. The summed E-state index contributed by atoms with van der Waals surface area (Å²) >= 11 is 0. The number of urea groups is 1. The molecule has 2 heterocycles. The Kier molecular flexibility index (Phi) is 6.21. The quantitative estimate of drug-likeness (QED) is 0.279. The van der Waals surface area contributed by atoms with Crippen molar-refractivity contribution in [2.75, 3.05) is 19.0 Å². The molecule has 6 rings (SSSR count). The maximum atomic E-state index is 13.6. The van der Waals surface area contributed by atoms with E-state index >= 15 is 0 Å². The number of rotatable bonds is 6. The molecule has 0 radical (unpaired) electrons. The number of esters is 1. The number of hydrogen-bond acceptors (Lipinski definition) is 6. The highest BCUT2D eigenvalue weighted by Gasteiger charge is 2.54. The number of likely N-dealkylation sites (N-methyl/N-ethyl adjacent to an activating group) is 1. The molecule has 1 atom stereocenters. The van der Waals surface area contributed by atoms with Crippen LogP contribution < -0.4 is 16.3 Å². The Morgan fingerprint density at radius 2 is 1.66 bits per heavy atom. The number of carbonyl (C=O) groups is 4. The lowest BCUT2D eigenvalue weighted by atomic mass is 9.95. The average molecular weight is 554 g/mol. The number of nitrogens with one attached hydrogen (secondary N) is 2. The highest BCUT2D eigenvalue weighted by Crippen LogP contribution is 2.38. The van der Waals surface area contributed by atoms with E-state index in [1.807, 2.05) is 18.2 Å². The van der Waals surface area contributed by atoms with Gasteiger partial charge in [-0.2, -0.15) is 0 Å². The third-order valence-electron chi connectivity index (χ3n) is 7.82. The maximum absolute atomic E-state index is 13.6. The van der Waals surface area contributed by atoms with Crippen LogP contribution in [0.15, 0.2) is 71.5 Å². The number of imide groups is 1. The largest absolute Gasteiger partial charge is 0.462 e. The molecule has 2 N–H and O–H groups in total. The third-order valence-corrected chi connectivity index (χ3v) is 7.82. The third kappa shape index (κ3) is 4.26. The fraction of sp³-hybridized carbons (Fsp3) is 0.233. The number of benzene rings is 3. The van der Waals surface area contributed by atoms with Gasteiger partial charge in [-0.05, 0) is 66.6 Å². The van der Waals surface area contributed by atoms with Gasteiger partial charge in [-0.3, -0.25) is 24.0 Å². The molecule has 1 unspecified atom stereocenters. The van der Waals surface area contributed by atoms with Gasteiger partial charge >= 0.3 is 17.7 Å². The molecule has 3 aromatic carbocycles. The van der Waals surface area contributed by atoms with Crippen molar-refractivity contribution in [3.8, 4) is 5.69 Å². The normalized spacial score (nSPS) is 17.7. The lowest BCUT2D eigenvalue weighted by molar-refractivity contribution is -0.125. The van der Waals surface area contributed by atoms with Crippen molar-refractivity contribution >= 4 is 40.5 Å². The van der Waals surface area contributed by atoms with E-state index < -0.39 is 29.1 Å². The van der Waals surface area contributed by atoms with E-state index in [4.69, 9.17) is 4.74 Å². The van der Waals surface area contributed by atoms with Crippen LogP contribution >= 0.6 is 0 Å². The van der Waals surface area contributed by atoms with Gasteiger partial charge < -0.3 is 15.0 Å². The number of hydrogen-bond donors (Lipinski definition) is 2. The second-order valence-electron chi connectivity index (χ2n) is 10.2. The molecular formula is C30H27N5O6. The molecule has 11 nitrogen and oxygen atoms in total. The molecular weight excluding hydrogens is 526 g/mol. The van der Waals surface area contributed by atoms with Gasteiger partial charge in [-0.15, -0.1) is 0 Å². The van der Waals surface area contributed by atoms with Crippen molar-refractivity contribution in [1.29, 1.82) is 0 Å². The predicted octanol–water partition coefficient (Wildman–Crippen LogP) is 2.63. The van der Waals surface area contributed by atoms with E-state index in [0.717, 1.165) is 11.1 Å². The number of aromatic nitrogens is 2. The molecule has 2 aliphatic rings. The summed E-state index contributed by atoms with van der Waals surface area (Å²) in [5, 5.41) is 5.24. The summed E-state index contributed by atoms with van der Waals surface area (Å²) in [7, 11) is 1.61. The minimum absolute atomic E-state index is 0.228. The SMILES string of the molecule is CCOC(=O)c1ccc(-n2c(=O)n(CC(=O)Nc3ccc4c(c3)CC3(C4)C(=O)NC(=O)N3C)c3ccccc32)cc1. The zero-order valence-corrected chi connectivity index (χ0v) is 22.5. The molecule has 0 saturated carbocycles. The summed E-state index contributed by atoms with van der Waals surface area (Å²) in [5.74, 6) is -1.16.